The number of nitriles is 1. The van der Waals surface area contributed by atoms with Crippen molar-refractivity contribution in [2.75, 3.05) is 11.4 Å². The molecular formula is C14H17ClN2. The average Bonchev–Trinajstić information content (AvgIpc) is 3.09. The van der Waals surface area contributed by atoms with Gasteiger partial charge in [0.15, 0.2) is 0 Å². The van der Waals surface area contributed by atoms with Crippen LogP contribution in [0.5, 0.6) is 0 Å². The SMILES string of the molecule is CC(C)CN(c1cc(Cl)ccc1C#N)C1CC1. The zero-order valence-corrected chi connectivity index (χ0v) is 11.0. The van der Waals surface area contributed by atoms with E-state index in [0.29, 0.717) is 17.0 Å². The fraction of sp³-hybridized carbons (Fsp3) is 0.500. The minimum Gasteiger partial charge on any atom is -0.367 e. The van der Waals surface area contributed by atoms with Gasteiger partial charge in [0.1, 0.15) is 6.07 Å². The molecule has 1 aromatic carbocycles. The van der Waals surface area contributed by atoms with Gasteiger partial charge in [-0.2, -0.15) is 5.26 Å². The van der Waals surface area contributed by atoms with Crippen molar-refractivity contribution in [1.82, 2.24) is 0 Å². The summed E-state index contributed by atoms with van der Waals surface area (Å²) in [5.74, 6) is 0.584. The summed E-state index contributed by atoms with van der Waals surface area (Å²) < 4.78 is 0. The molecule has 0 aromatic heterocycles. The highest BCUT2D eigenvalue weighted by molar-refractivity contribution is 6.30. The van der Waals surface area contributed by atoms with Crippen LogP contribution in [-0.2, 0) is 0 Å². The minimum atomic E-state index is 0.584. The number of halogens is 1. The Balaban J connectivity index is 2.34. The second kappa shape index (κ2) is 4.98. The van der Waals surface area contributed by atoms with Crippen LogP contribution in [0, 0.1) is 17.2 Å². The molecule has 0 saturated heterocycles. The van der Waals surface area contributed by atoms with Crippen LogP contribution in [0.25, 0.3) is 0 Å². The molecule has 0 bridgehead atoms. The smallest absolute Gasteiger partial charge is 0.101 e. The van der Waals surface area contributed by atoms with Crippen molar-refractivity contribution in [1.29, 1.82) is 5.26 Å². The number of nitrogens with zero attached hydrogens (tertiary/aromatic N) is 2. The molecule has 3 heteroatoms. The molecule has 1 aliphatic rings. The van der Waals surface area contributed by atoms with Crippen molar-refractivity contribution in [2.45, 2.75) is 32.7 Å². The molecule has 0 radical (unpaired) electrons. The molecule has 17 heavy (non-hydrogen) atoms. The van der Waals surface area contributed by atoms with Crippen LogP contribution >= 0.6 is 11.6 Å². The molecule has 0 heterocycles. The lowest BCUT2D eigenvalue weighted by Crippen LogP contribution is -2.30. The molecule has 90 valence electrons. The number of hydrogen-bond donors (Lipinski definition) is 0. The highest BCUT2D eigenvalue weighted by Crippen LogP contribution is 2.35. The van der Waals surface area contributed by atoms with Crippen LogP contribution in [0.1, 0.15) is 32.3 Å². The topological polar surface area (TPSA) is 27.0 Å². The molecule has 0 aliphatic heterocycles. The lowest BCUT2D eigenvalue weighted by atomic mass is 10.1. The Hall–Kier alpha value is -1.20. The largest absolute Gasteiger partial charge is 0.367 e. The molecule has 1 aromatic rings. The summed E-state index contributed by atoms with van der Waals surface area (Å²) in [5.41, 5.74) is 1.72. The Labute approximate surface area is 108 Å². The molecule has 1 fully saturated rings. The third kappa shape index (κ3) is 2.92. The van der Waals surface area contributed by atoms with E-state index in [1.807, 2.05) is 12.1 Å². The molecular weight excluding hydrogens is 232 g/mol. The molecule has 0 spiro atoms. The molecule has 0 amide bonds. The van der Waals surface area contributed by atoms with Gasteiger partial charge in [0.05, 0.1) is 11.3 Å². The van der Waals surface area contributed by atoms with E-state index in [2.05, 4.69) is 24.8 Å². The summed E-state index contributed by atoms with van der Waals surface area (Å²) >= 11 is 6.04. The Morgan fingerprint density at radius 2 is 2.18 bits per heavy atom. The quantitative estimate of drug-likeness (QED) is 0.810. The molecule has 2 nitrogen and oxygen atoms in total. The third-order valence-corrected chi connectivity index (χ3v) is 3.17. The van der Waals surface area contributed by atoms with Crippen LogP contribution in [0.15, 0.2) is 18.2 Å². The predicted molar refractivity (Wildman–Crippen MR) is 71.4 cm³/mol. The highest BCUT2D eigenvalue weighted by atomic mass is 35.5. The van der Waals surface area contributed by atoms with E-state index < -0.39 is 0 Å². The molecule has 0 unspecified atom stereocenters. The van der Waals surface area contributed by atoms with Crippen LogP contribution in [0.3, 0.4) is 0 Å². The van der Waals surface area contributed by atoms with Gasteiger partial charge in [0.2, 0.25) is 0 Å². The summed E-state index contributed by atoms with van der Waals surface area (Å²) in [6.45, 7) is 5.39. The average molecular weight is 249 g/mol. The van der Waals surface area contributed by atoms with Crippen molar-refractivity contribution in [2.24, 2.45) is 5.92 Å². The van der Waals surface area contributed by atoms with Gasteiger partial charge in [-0.05, 0) is 37.0 Å². The van der Waals surface area contributed by atoms with Gasteiger partial charge in [-0.1, -0.05) is 25.4 Å². The first-order valence-electron chi connectivity index (χ1n) is 6.08. The zero-order valence-electron chi connectivity index (χ0n) is 10.3. The summed E-state index contributed by atoms with van der Waals surface area (Å²) in [4.78, 5) is 2.34. The lowest BCUT2D eigenvalue weighted by Gasteiger charge is -2.27. The maximum absolute atomic E-state index is 9.17. The molecule has 0 atom stereocenters. The van der Waals surface area contributed by atoms with Gasteiger partial charge in [-0.3, -0.25) is 0 Å². The van der Waals surface area contributed by atoms with Gasteiger partial charge in [0.25, 0.3) is 0 Å². The van der Waals surface area contributed by atoms with Gasteiger partial charge < -0.3 is 4.90 Å². The fourth-order valence-electron chi connectivity index (χ4n) is 2.06. The van der Waals surface area contributed by atoms with Crippen molar-refractivity contribution in [3.63, 3.8) is 0 Å². The summed E-state index contributed by atoms with van der Waals surface area (Å²) in [6, 6.07) is 8.37. The van der Waals surface area contributed by atoms with Gasteiger partial charge in [-0.25, -0.2) is 0 Å². The standard InChI is InChI=1S/C14H17ClN2/c1-10(2)9-17(13-5-6-13)14-7-12(15)4-3-11(14)8-16/h3-4,7,10,13H,5-6,9H2,1-2H3. The summed E-state index contributed by atoms with van der Waals surface area (Å²) in [6.07, 6.45) is 2.45. The minimum absolute atomic E-state index is 0.584. The first kappa shape index (κ1) is 12.3. The molecule has 2 rings (SSSR count). The van der Waals surface area contributed by atoms with Crippen LogP contribution in [0.4, 0.5) is 5.69 Å². The first-order valence-corrected chi connectivity index (χ1v) is 6.46. The van der Waals surface area contributed by atoms with E-state index >= 15 is 0 Å². The van der Waals surface area contributed by atoms with E-state index in [1.165, 1.54) is 12.8 Å². The number of anilines is 1. The Morgan fingerprint density at radius 3 is 2.71 bits per heavy atom. The van der Waals surface area contributed by atoms with E-state index in [1.54, 1.807) is 6.07 Å². The number of benzene rings is 1. The van der Waals surface area contributed by atoms with Gasteiger partial charge >= 0.3 is 0 Å². The molecule has 1 aliphatic carbocycles. The maximum Gasteiger partial charge on any atom is 0.101 e. The summed E-state index contributed by atoms with van der Waals surface area (Å²) in [5, 5.41) is 9.88. The number of hydrogen-bond acceptors (Lipinski definition) is 2. The van der Waals surface area contributed by atoms with Crippen LogP contribution in [-0.4, -0.2) is 12.6 Å². The van der Waals surface area contributed by atoms with E-state index in [4.69, 9.17) is 11.6 Å². The monoisotopic (exact) mass is 248 g/mol. The maximum atomic E-state index is 9.17. The van der Waals surface area contributed by atoms with Crippen molar-refractivity contribution < 1.29 is 0 Å². The Kier molecular flexibility index (Phi) is 3.59. The second-order valence-corrected chi connectivity index (χ2v) is 5.49. The predicted octanol–water partition coefficient (Wildman–Crippen LogP) is 3.84. The van der Waals surface area contributed by atoms with Gasteiger partial charge in [-0.15, -0.1) is 0 Å². The normalized spacial score (nSPS) is 14.8. The van der Waals surface area contributed by atoms with E-state index in [-0.39, 0.29) is 0 Å². The van der Waals surface area contributed by atoms with Gasteiger partial charge in [0, 0.05) is 17.6 Å². The molecule has 1 saturated carbocycles. The highest BCUT2D eigenvalue weighted by Gasteiger charge is 2.30. The van der Waals surface area contributed by atoms with Crippen LogP contribution < -0.4 is 4.90 Å². The fourth-order valence-corrected chi connectivity index (χ4v) is 2.23. The zero-order chi connectivity index (χ0) is 12.4. The Bertz CT molecular complexity index is 444. The first-order chi connectivity index (χ1) is 8.11. The van der Waals surface area contributed by atoms with Crippen LogP contribution in [0.2, 0.25) is 5.02 Å². The van der Waals surface area contributed by atoms with E-state index in [0.717, 1.165) is 17.8 Å². The van der Waals surface area contributed by atoms with E-state index in [9.17, 15) is 5.26 Å². The second-order valence-electron chi connectivity index (χ2n) is 5.05. The number of rotatable bonds is 4. The van der Waals surface area contributed by atoms with Crippen molar-refractivity contribution >= 4 is 17.3 Å². The summed E-state index contributed by atoms with van der Waals surface area (Å²) in [7, 11) is 0. The third-order valence-electron chi connectivity index (χ3n) is 2.94. The lowest BCUT2D eigenvalue weighted by molar-refractivity contribution is 0.607. The van der Waals surface area contributed by atoms with Crippen molar-refractivity contribution in [3.8, 4) is 6.07 Å². The molecule has 0 N–H and O–H groups in total. The van der Waals surface area contributed by atoms with Crippen molar-refractivity contribution in [3.05, 3.63) is 28.8 Å². The Morgan fingerprint density at radius 1 is 1.47 bits per heavy atom.